The van der Waals surface area contributed by atoms with Gasteiger partial charge in [0.05, 0.1) is 26.2 Å². The molecule has 2 heterocycles. The van der Waals surface area contributed by atoms with Gasteiger partial charge in [-0.25, -0.2) is 13.9 Å². The Morgan fingerprint density at radius 2 is 1.82 bits per heavy atom. The van der Waals surface area contributed by atoms with E-state index in [4.69, 9.17) is 19.0 Å². The molecule has 1 aromatic rings. The van der Waals surface area contributed by atoms with Crippen LogP contribution >= 0.6 is 7.82 Å². The average molecular weight is 635 g/mol. The quantitative estimate of drug-likeness (QED) is 0.291. The molecule has 44 heavy (non-hydrogen) atoms. The number of piperidine rings is 1. The Morgan fingerprint density at radius 3 is 2.50 bits per heavy atom. The summed E-state index contributed by atoms with van der Waals surface area (Å²) in [6, 6.07) is 6.75. The van der Waals surface area contributed by atoms with Crippen molar-refractivity contribution >= 4 is 13.9 Å². The van der Waals surface area contributed by atoms with Crippen molar-refractivity contribution in [2.45, 2.75) is 89.7 Å². The number of benzene rings is 1. The first kappa shape index (κ1) is 32.4. The predicted octanol–water partition coefficient (Wildman–Crippen LogP) is 4.72. The lowest BCUT2D eigenvalue weighted by Gasteiger charge is -2.53. The number of carbonyl (C=O) groups excluding carboxylic acids is 1. The summed E-state index contributed by atoms with van der Waals surface area (Å²) in [5.74, 6) is 3.02. The minimum absolute atomic E-state index is 0.00961. The fourth-order valence-corrected chi connectivity index (χ4v) is 10.1. The van der Waals surface area contributed by atoms with E-state index in [-0.39, 0.29) is 24.3 Å². The summed E-state index contributed by atoms with van der Waals surface area (Å²) < 4.78 is 22.4. The molecule has 0 radical (unpaired) electrons. The summed E-state index contributed by atoms with van der Waals surface area (Å²) in [6.45, 7) is 9.16. The number of nitrogens with zero attached hydrogens (tertiary/aromatic N) is 3. The Kier molecular flexibility index (Phi) is 9.28. The van der Waals surface area contributed by atoms with Gasteiger partial charge >= 0.3 is 13.9 Å². The number of hydrogen-bond acceptors (Lipinski definition) is 6. The summed E-state index contributed by atoms with van der Waals surface area (Å²) in [4.78, 5) is 35.6. The molecule has 2 saturated heterocycles. The number of likely N-dealkylation sites (tertiary alicyclic amines) is 1. The van der Waals surface area contributed by atoms with Crippen molar-refractivity contribution in [1.82, 2.24) is 9.80 Å². The third-order valence-electron chi connectivity index (χ3n) is 12.3. The first-order valence-electron chi connectivity index (χ1n) is 16.9. The zero-order valence-corrected chi connectivity index (χ0v) is 27.7. The number of phosphoric acid groups is 1. The van der Waals surface area contributed by atoms with Crippen LogP contribution < -0.4 is 4.74 Å². The molecule has 11 heteroatoms. The van der Waals surface area contributed by atoms with Crippen molar-refractivity contribution in [3.63, 3.8) is 0 Å². The standard InChI is InChI=1S/C33H52N3O7P/c1-4-5-23-20-24-21-26(6-7-27(24)28-10-13-33(2)29(31(23)28)8-9-30(33)37)43-32(38)35-14-11-25(12-15-35)34-16-18-36(3,19-17-34)22-42-44(39,40)41/h6-7,21,23,25,28-31,37H,4-5,8-20,22H2,1-3H3,(H-,39,40,41)/p+1/t23-,28-,29+,30+,31-,33+/m1/s1. The zero-order valence-electron chi connectivity index (χ0n) is 26.8. The van der Waals surface area contributed by atoms with Crippen LogP contribution in [0.25, 0.3) is 0 Å². The number of ether oxygens (including phenoxy) is 1. The number of phosphoric ester groups is 1. The van der Waals surface area contributed by atoms with Gasteiger partial charge in [0.1, 0.15) is 5.75 Å². The molecule has 4 fully saturated rings. The van der Waals surface area contributed by atoms with Gasteiger partial charge in [-0.3, -0.25) is 4.90 Å². The first-order chi connectivity index (χ1) is 20.9. The third kappa shape index (κ3) is 6.51. The number of carbonyl (C=O) groups is 1. The molecule has 0 aromatic heterocycles. The highest BCUT2D eigenvalue weighted by molar-refractivity contribution is 7.46. The molecule has 3 aliphatic carbocycles. The van der Waals surface area contributed by atoms with E-state index in [0.29, 0.717) is 53.0 Å². The van der Waals surface area contributed by atoms with Crippen molar-refractivity contribution in [2.75, 3.05) is 53.0 Å². The van der Waals surface area contributed by atoms with Gasteiger partial charge in [-0.1, -0.05) is 32.8 Å². The highest BCUT2D eigenvalue weighted by Crippen LogP contribution is 2.62. The lowest BCUT2D eigenvalue weighted by molar-refractivity contribution is -0.928. The van der Waals surface area contributed by atoms with Gasteiger partial charge in [0.15, 0.2) is 6.73 Å². The minimum atomic E-state index is -4.47. The molecule has 246 valence electrons. The van der Waals surface area contributed by atoms with Crippen LogP contribution in [0.1, 0.15) is 82.3 Å². The molecule has 0 bridgehead atoms. The molecule has 10 nitrogen and oxygen atoms in total. The summed E-state index contributed by atoms with van der Waals surface area (Å²) in [5.41, 5.74) is 2.85. The van der Waals surface area contributed by atoms with Gasteiger partial charge in [-0.2, -0.15) is 0 Å². The van der Waals surface area contributed by atoms with Gasteiger partial charge < -0.3 is 29.0 Å². The Bertz CT molecular complexity index is 1240. The fraction of sp³-hybridized carbons (Fsp3) is 0.788. The van der Waals surface area contributed by atoms with Crippen molar-refractivity contribution in [2.24, 2.45) is 23.2 Å². The molecule has 2 aliphatic heterocycles. The Morgan fingerprint density at radius 1 is 1.09 bits per heavy atom. The van der Waals surface area contributed by atoms with Crippen LogP contribution in [0, 0.1) is 23.2 Å². The van der Waals surface area contributed by atoms with E-state index in [1.54, 1.807) is 0 Å². The van der Waals surface area contributed by atoms with E-state index in [9.17, 15) is 14.5 Å². The van der Waals surface area contributed by atoms with Gasteiger partial charge in [-0.05, 0) is 97.3 Å². The second kappa shape index (κ2) is 12.6. The predicted molar refractivity (Wildman–Crippen MR) is 167 cm³/mol. The van der Waals surface area contributed by atoms with Crippen molar-refractivity contribution in [1.29, 1.82) is 0 Å². The molecule has 5 aliphatic rings. The van der Waals surface area contributed by atoms with Gasteiger partial charge in [-0.15, -0.1) is 0 Å². The molecular formula is C33H53N3O7P+. The van der Waals surface area contributed by atoms with E-state index in [1.165, 1.54) is 24.0 Å². The largest absolute Gasteiger partial charge is 0.474 e. The molecule has 0 unspecified atom stereocenters. The number of fused-ring (bicyclic) bond motifs is 5. The molecule has 1 aromatic carbocycles. The second-order valence-electron chi connectivity index (χ2n) is 15.0. The fourth-order valence-electron chi connectivity index (χ4n) is 9.71. The zero-order chi connectivity index (χ0) is 31.3. The summed E-state index contributed by atoms with van der Waals surface area (Å²) >= 11 is 0. The number of quaternary nitrogens is 1. The molecule has 1 amide bonds. The van der Waals surface area contributed by atoms with E-state index in [1.807, 2.05) is 18.0 Å². The van der Waals surface area contributed by atoms with Crippen molar-refractivity contribution < 1.29 is 38.0 Å². The van der Waals surface area contributed by atoms with Gasteiger partial charge in [0.2, 0.25) is 0 Å². The average Bonchev–Trinajstić information content (AvgIpc) is 3.30. The number of likely N-dealkylation sites (N-methyl/N-ethyl adjacent to an activating group) is 1. The first-order valence-corrected chi connectivity index (χ1v) is 18.5. The monoisotopic (exact) mass is 634 g/mol. The van der Waals surface area contributed by atoms with Crippen LogP contribution in [-0.2, 0) is 15.5 Å². The molecule has 6 atom stereocenters. The number of rotatable bonds is 7. The molecular weight excluding hydrogens is 581 g/mol. The Balaban J connectivity index is 1.04. The molecule has 0 spiro atoms. The maximum Gasteiger partial charge on any atom is 0.474 e. The van der Waals surface area contributed by atoms with Crippen molar-refractivity contribution in [3.05, 3.63) is 29.3 Å². The third-order valence-corrected chi connectivity index (χ3v) is 12.8. The van der Waals surface area contributed by atoms with Crippen LogP contribution in [0.4, 0.5) is 4.79 Å². The Labute approximate surface area is 262 Å². The Hall–Kier alpha value is -1.52. The van der Waals surface area contributed by atoms with Crippen molar-refractivity contribution in [3.8, 4) is 5.75 Å². The van der Waals surface area contributed by atoms with E-state index < -0.39 is 7.82 Å². The maximum absolute atomic E-state index is 13.2. The minimum Gasteiger partial charge on any atom is -0.410 e. The lowest BCUT2D eigenvalue weighted by Crippen LogP contribution is -2.60. The van der Waals surface area contributed by atoms with Crippen LogP contribution in [0.3, 0.4) is 0 Å². The van der Waals surface area contributed by atoms with Crippen LogP contribution in [-0.4, -0.2) is 100 Å². The highest BCUT2D eigenvalue weighted by Gasteiger charge is 2.56. The maximum atomic E-state index is 13.2. The number of amides is 1. The number of hydrogen-bond donors (Lipinski definition) is 3. The normalized spacial score (nSPS) is 34.2. The number of aliphatic hydroxyl groups is 1. The van der Waals surface area contributed by atoms with E-state index in [2.05, 4.69) is 30.9 Å². The molecule has 6 rings (SSSR count). The van der Waals surface area contributed by atoms with Crippen LogP contribution in [0.15, 0.2) is 18.2 Å². The number of piperazine rings is 1. The van der Waals surface area contributed by atoms with E-state index in [0.717, 1.165) is 71.1 Å². The van der Waals surface area contributed by atoms with Crippen LogP contribution in [0.2, 0.25) is 0 Å². The smallest absolute Gasteiger partial charge is 0.410 e. The second-order valence-corrected chi connectivity index (χ2v) is 16.2. The summed E-state index contributed by atoms with van der Waals surface area (Å²) in [5, 5.41) is 10.9. The van der Waals surface area contributed by atoms with Gasteiger partial charge in [0.25, 0.3) is 0 Å². The molecule has 3 N–H and O–H groups in total. The van der Waals surface area contributed by atoms with Gasteiger partial charge in [0, 0.05) is 32.2 Å². The number of aliphatic hydroxyl groups excluding tert-OH is 1. The lowest BCUT2D eigenvalue weighted by atomic mass is 9.52. The van der Waals surface area contributed by atoms with Crippen LogP contribution in [0.5, 0.6) is 5.75 Å². The van der Waals surface area contributed by atoms with E-state index >= 15 is 0 Å². The topological polar surface area (TPSA) is 120 Å². The molecule has 2 saturated carbocycles. The SMILES string of the molecule is CCC[C@@H]1Cc2cc(OC(=O)N3CCC(N4CC[N+](C)(COP(=O)(O)O)CC4)CC3)ccc2[C@H]2CC[C@]3(C)[C@@H](O)CC[C@H]3[C@H]12. The summed E-state index contributed by atoms with van der Waals surface area (Å²) in [6.07, 6.45) is 9.05. The summed E-state index contributed by atoms with van der Waals surface area (Å²) in [7, 11) is -2.50. The highest BCUT2D eigenvalue weighted by atomic mass is 31.2.